The summed E-state index contributed by atoms with van der Waals surface area (Å²) in [7, 11) is 0. The zero-order valence-electron chi connectivity index (χ0n) is 10.2. The van der Waals surface area contributed by atoms with Crippen molar-refractivity contribution in [3.8, 4) is 11.4 Å². The highest BCUT2D eigenvalue weighted by Gasteiger charge is 2.23. The first-order valence-electron chi connectivity index (χ1n) is 6.22. The van der Waals surface area contributed by atoms with Crippen LogP contribution in [0.5, 0.6) is 0 Å². The topological polar surface area (TPSA) is 42.7 Å². The lowest BCUT2D eigenvalue weighted by atomic mass is 10.1. The van der Waals surface area contributed by atoms with Crippen LogP contribution in [0.4, 0.5) is 4.39 Å². The third kappa shape index (κ3) is 1.80. The van der Waals surface area contributed by atoms with Gasteiger partial charge in [0.05, 0.1) is 6.04 Å². The third-order valence-corrected chi connectivity index (χ3v) is 3.31. The molecule has 0 aliphatic carbocycles. The van der Waals surface area contributed by atoms with Gasteiger partial charge in [0.25, 0.3) is 0 Å². The monoisotopic (exact) mass is 246 g/mol. The molecule has 1 N–H and O–H groups in total. The molecule has 0 saturated heterocycles. The summed E-state index contributed by atoms with van der Waals surface area (Å²) in [4.78, 5) is 0. The highest BCUT2D eigenvalue weighted by molar-refractivity contribution is 5.55. The van der Waals surface area contributed by atoms with E-state index in [1.54, 1.807) is 6.07 Å². The SMILES string of the molecule is CCC1NCCn2c(-c3cccc(F)c3)nnc21. The van der Waals surface area contributed by atoms with Crippen LogP contribution < -0.4 is 5.32 Å². The largest absolute Gasteiger partial charge is 0.308 e. The first-order valence-corrected chi connectivity index (χ1v) is 6.22. The van der Waals surface area contributed by atoms with Crippen molar-refractivity contribution in [3.05, 3.63) is 35.9 Å². The molecule has 5 heteroatoms. The standard InChI is InChI=1S/C13H15FN4/c1-2-11-13-17-16-12(18(13)7-6-15-11)9-4-3-5-10(14)8-9/h3-5,8,11,15H,2,6-7H2,1H3. The van der Waals surface area contributed by atoms with Gasteiger partial charge in [-0.05, 0) is 18.6 Å². The van der Waals surface area contributed by atoms with E-state index in [1.807, 2.05) is 6.07 Å². The molecular formula is C13H15FN4. The lowest BCUT2D eigenvalue weighted by Gasteiger charge is -2.24. The molecule has 0 radical (unpaired) electrons. The van der Waals surface area contributed by atoms with E-state index in [-0.39, 0.29) is 11.9 Å². The summed E-state index contributed by atoms with van der Waals surface area (Å²) >= 11 is 0. The van der Waals surface area contributed by atoms with Gasteiger partial charge >= 0.3 is 0 Å². The lowest BCUT2D eigenvalue weighted by molar-refractivity contribution is 0.407. The van der Waals surface area contributed by atoms with Crippen LogP contribution in [0, 0.1) is 5.82 Å². The Balaban J connectivity index is 2.07. The van der Waals surface area contributed by atoms with E-state index < -0.39 is 0 Å². The molecule has 0 amide bonds. The van der Waals surface area contributed by atoms with Gasteiger partial charge in [0.15, 0.2) is 11.6 Å². The Morgan fingerprint density at radius 3 is 3.11 bits per heavy atom. The molecule has 0 saturated carbocycles. The Hall–Kier alpha value is -1.75. The smallest absolute Gasteiger partial charge is 0.164 e. The molecule has 0 fully saturated rings. The van der Waals surface area contributed by atoms with Crippen molar-refractivity contribution in [1.82, 2.24) is 20.1 Å². The number of nitrogens with one attached hydrogen (secondary N) is 1. The minimum Gasteiger partial charge on any atom is -0.308 e. The summed E-state index contributed by atoms with van der Waals surface area (Å²) in [5.41, 5.74) is 0.783. The lowest BCUT2D eigenvalue weighted by Crippen LogP contribution is -2.33. The summed E-state index contributed by atoms with van der Waals surface area (Å²) in [5, 5.41) is 11.9. The highest BCUT2D eigenvalue weighted by atomic mass is 19.1. The summed E-state index contributed by atoms with van der Waals surface area (Å²) in [5.74, 6) is 1.46. The number of halogens is 1. The van der Waals surface area contributed by atoms with Gasteiger partial charge in [0, 0.05) is 18.7 Å². The molecule has 0 spiro atoms. The van der Waals surface area contributed by atoms with E-state index in [0.29, 0.717) is 0 Å². The molecule has 18 heavy (non-hydrogen) atoms. The van der Waals surface area contributed by atoms with Crippen molar-refractivity contribution < 1.29 is 4.39 Å². The van der Waals surface area contributed by atoms with E-state index in [1.165, 1.54) is 12.1 Å². The van der Waals surface area contributed by atoms with Crippen molar-refractivity contribution in [2.24, 2.45) is 0 Å². The number of benzene rings is 1. The Kier molecular flexibility index (Phi) is 2.83. The molecule has 1 aliphatic heterocycles. The van der Waals surface area contributed by atoms with Crippen molar-refractivity contribution >= 4 is 0 Å². The van der Waals surface area contributed by atoms with Crippen LogP contribution >= 0.6 is 0 Å². The molecule has 1 unspecified atom stereocenters. The molecule has 2 heterocycles. The van der Waals surface area contributed by atoms with E-state index in [0.717, 1.165) is 36.7 Å². The quantitative estimate of drug-likeness (QED) is 0.882. The maximum atomic E-state index is 13.3. The minimum absolute atomic E-state index is 0.244. The van der Waals surface area contributed by atoms with Gasteiger partial charge in [-0.2, -0.15) is 0 Å². The summed E-state index contributed by atoms with van der Waals surface area (Å²) in [6.07, 6.45) is 0.973. The zero-order valence-corrected chi connectivity index (χ0v) is 10.2. The molecular weight excluding hydrogens is 231 g/mol. The number of fused-ring (bicyclic) bond motifs is 1. The number of rotatable bonds is 2. The van der Waals surface area contributed by atoms with Crippen LogP contribution in [-0.4, -0.2) is 21.3 Å². The minimum atomic E-state index is -0.245. The zero-order chi connectivity index (χ0) is 12.5. The fourth-order valence-corrected chi connectivity index (χ4v) is 2.40. The van der Waals surface area contributed by atoms with E-state index in [9.17, 15) is 4.39 Å². The first-order chi connectivity index (χ1) is 8.79. The molecule has 1 aromatic carbocycles. The van der Waals surface area contributed by atoms with Gasteiger partial charge in [0.1, 0.15) is 5.82 Å². The van der Waals surface area contributed by atoms with E-state index in [2.05, 4.69) is 27.0 Å². The second kappa shape index (κ2) is 4.49. The van der Waals surface area contributed by atoms with Crippen LogP contribution in [0.15, 0.2) is 24.3 Å². The molecule has 4 nitrogen and oxygen atoms in total. The van der Waals surface area contributed by atoms with Gasteiger partial charge in [-0.25, -0.2) is 4.39 Å². The highest BCUT2D eigenvalue weighted by Crippen LogP contribution is 2.25. The van der Waals surface area contributed by atoms with Crippen molar-refractivity contribution in [2.75, 3.05) is 6.54 Å². The van der Waals surface area contributed by atoms with Crippen LogP contribution in [-0.2, 0) is 6.54 Å². The molecule has 3 rings (SSSR count). The molecule has 2 aromatic rings. The average molecular weight is 246 g/mol. The summed E-state index contributed by atoms with van der Waals surface area (Å²) in [6.45, 7) is 3.83. The number of aromatic nitrogens is 3. The molecule has 1 atom stereocenters. The summed E-state index contributed by atoms with van der Waals surface area (Å²) in [6, 6.07) is 6.75. The van der Waals surface area contributed by atoms with Crippen molar-refractivity contribution in [3.63, 3.8) is 0 Å². The number of hydrogen-bond acceptors (Lipinski definition) is 3. The Morgan fingerprint density at radius 2 is 2.33 bits per heavy atom. The Labute approximate surface area is 105 Å². The van der Waals surface area contributed by atoms with E-state index >= 15 is 0 Å². The maximum Gasteiger partial charge on any atom is 0.164 e. The van der Waals surface area contributed by atoms with Crippen LogP contribution in [0.2, 0.25) is 0 Å². The first kappa shape index (κ1) is 11.3. The summed E-state index contributed by atoms with van der Waals surface area (Å²) < 4.78 is 15.3. The van der Waals surface area contributed by atoms with Crippen LogP contribution in [0.1, 0.15) is 25.2 Å². The second-order valence-corrected chi connectivity index (χ2v) is 4.46. The van der Waals surface area contributed by atoms with Gasteiger partial charge in [-0.3, -0.25) is 0 Å². The van der Waals surface area contributed by atoms with E-state index in [4.69, 9.17) is 0 Å². The predicted octanol–water partition coefficient (Wildman–Crippen LogP) is 2.14. The van der Waals surface area contributed by atoms with Gasteiger partial charge in [0.2, 0.25) is 0 Å². The van der Waals surface area contributed by atoms with Gasteiger partial charge < -0.3 is 9.88 Å². The second-order valence-electron chi connectivity index (χ2n) is 4.46. The van der Waals surface area contributed by atoms with Crippen LogP contribution in [0.3, 0.4) is 0 Å². The molecule has 1 aromatic heterocycles. The Morgan fingerprint density at radius 1 is 1.44 bits per heavy atom. The third-order valence-electron chi connectivity index (χ3n) is 3.31. The molecule has 94 valence electrons. The van der Waals surface area contributed by atoms with Gasteiger partial charge in [-0.15, -0.1) is 10.2 Å². The number of hydrogen-bond donors (Lipinski definition) is 1. The fraction of sp³-hybridized carbons (Fsp3) is 0.385. The normalized spacial score (nSPS) is 18.7. The van der Waals surface area contributed by atoms with Crippen molar-refractivity contribution in [1.29, 1.82) is 0 Å². The van der Waals surface area contributed by atoms with Gasteiger partial charge in [-0.1, -0.05) is 19.1 Å². The molecule has 0 bridgehead atoms. The fourth-order valence-electron chi connectivity index (χ4n) is 2.40. The van der Waals surface area contributed by atoms with Crippen LogP contribution in [0.25, 0.3) is 11.4 Å². The Bertz CT molecular complexity index is 564. The maximum absolute atomic E-state index is 13.3. The van der Waals surface area contributed by atoms with Crippen molar-refractivity contribution in [2.45, 2.75) is 25.9 Å². The predicted molar refractivity (Wildman–Crippen MR) is 66.5 cm³/mol. The number of nitrogens with zero attached hydrogens (tertiary/aromatic N) is 3. The molecule has 1 aliphatic rings. The average Bonchev–Trinajstić information content (AvgIpc) is 2.82.